The van der Waals surface area contributed by atoms with E-state index in [4.69, 9.17) is 10.9 Å². The van der Waals surface area contributed by atoms with Gasteiger partial charge in [-0.2, -0.15) is 0 Å². The highest BCUT2D eigenvalue weighted by atomic mass is 16.4. The van der Waals surface area contributed by atoms with Crippen molar-refractivity contribution in [2.24, 2.45) is 22.7 Å². The standard InChI is InChI=1S/C9H18N2O/c1-7(9(10)11-12)8-5-3-2-4-6-8/h7-8,12H,2-6H2,1H3,(H2,10,11). The van der Waals surface area contributed by atoms with E-state index in [9.17, 15) is 0 Å². The lowest BCUT2D eigenvalue weighted by Gasteiger charge is -2.26. The van der Waals surface area contributed by atoms with Gasteiger partial charge in [-0.25, -0.2) is 0 Å². The molecule has 1 saturated carbocycles. The topological polar surface area (TPSA) is 58.6 Å². The fraction of sp³-hybridized carbons (Fsp3) is 0.889. The van der Waals surface area contributed by atoms with Gasteiger partial charge in [-0.3, -0.25) is 0 Å². The molecule has 0 amide bonds. The van der Waals surface area contributed by atoms with Gasteiger partial charge < -0.3 is 10.9 Å². The van der Waals surface area contributed by atoms with Crippen LogP contribution in [0.2, 0.25) is 0 Å². The summed E-state index contributed by atoms with van der Waals surface area (Å²) in [4.78, 5) is 0. The number of nitrogens with zero attached hydrogens (tertiary/aromatic N) is 1. The smallest absolute Gasteiger partial charge is 0.142 e. The van der Waals surface area contributed by atoms with Gasteiger partial charge in [-0.05, 0) is 18.8 Å². The molecule has 0 saturated heterocycles. The van der Waals surface area contributed by atoms with E-state index < -0.39 is 0 Å². The van der Waals surface area contributed by atoms with Crippen LogP contribution < -0.4 is 5.73 Å². The third-order valence-electron chi connectivity index (χ3n) is 2.94. The van der Waals surface area contributed by atoms with Crippen LogP contribution in [-0.2, 0) is 0 Å². The minimum atomic E-state index is 0.246. The van der Waals surface area contributed by atoms with Crippen LogP contribution in [0, 0.1) is 11.8 Å². The second kappa shape index (κ2) is 4.33. The summed E-state index contributed by atoms with van der Waals surface area (Å²) in [5.74, 6) is 1.27. The largest absolute Gasteiger partial charge is 0.409 e. The van der Waals surface area contributed by atoms with Crippen molar-refractivity contribution < 1.29 is 5.21 Å². The molecule has 1 unspecified atom stereocenters. The second-order valence-electron chi connectivity index (χ2n) is 3.71. The Morgan fingerprint density at radius 3 is 2.50 bits per heavy atom. The number of rotatable bonds is 2. The van der Waals surface area contributed by atoms with E-state index in [-0.39, 0.29) is 5.92 Å². The molecule has 0 spiro atoms. The number of hydrogen-bond acceptors (Lipinski definition) is 2. The lowest BCUT2D eigenvalue weighted by atomic mass is 9.80. The zero-order valence-electron chi connectivity index (χ0n) is 7.66. The maximum atomic E-state index is 8.50. The molecule has 1 rings (SSSR count). The quantitative estimate of drug-likeness (QED) is 0.288. The van der Waals surface area contributed by atoms with E-state index in [0.29, 0.717) is 11.8 Å². The third kappa shape index (κ3) is 2.13. The molecule has 3 nitrogen and oxygen atoms in total. The van der Waals surface area contributed by atoms with Crippen molar-refractivity contribution in [3.63, 3.8) is 0 Å². The van der Waals surface area contributed by atoms with Gasteiger partial charge in [0, 0.05) is 5.92 Å². The lowest BCUT2D eigenvalue weighted by molar-refractivity contribution is 0.286. The molecule has 0 radical (unpaired) electrons. The van der Waals surface area contributed by atoms with Crippen LogP contribution in [-0.4, -0.2) is 11.0 Å². The van der Waals surface area contributed by atoms with Gasteiger partial charge in [0.25, 0.3) is 0 Å². The van der Waals surface area contributed by atoms with E-state index in [2.05, 4.69) is 5.16 Å². The zero-order chi connectivity index (χ0) is 8.97. The first-order chi connectivity index (χ1) is 5.75. The molecular weight excluding hydrogens is 152 g/mol. The van der Waals surface area contributed by atoms with Gasteiger partial charge in [-0.15, -0.1) is 0 Å². The number of hydrogen-bond donors (Lipinski definition) is 2. The average Bonchev–Trinajstić information content (AvgIpc) is 2.17. The number of amidine groups is 1. The fourth-order valence-electron chi connectivity index (χ4n) is 1.97. The normalized spacial score (nSPS) is 23.9. The van der Waals surface area contributed by atoms with E-state index in [1.54, 1.807) is 0 Å². The molecule has 1 fully saturated rings. The van der Waals surface area contributed by atoms with Crippen molar-refractivity contribution in [1.82, 2.24) is 0 Å². The van der Waals surface area contributed by atoms with E-state index in [1.165, 1.54) is 32.1 Å². The fourth-order valence-corrected chi connectivity index (χ4v) is 1.97. The minimum absolute atomic E-state index is 0.246. The van der Waals surface area contributed by atoms with Gasteiger partial charge in [0.15, 0.2) is 0 Å². The lowest BCUT2D eigenvalue weighted by Crippen LogP contribution is -2.29. The highest BCUT2D eigenvalue weighted by molar-refractivity contribution is 5.82. The Balaban J connectivity index is 2.44. The maximum Gasteiger partial charge on any atom is 0.142 e. The molecule has 0 aromatic heterocycles. The summed E-state index contributed by atoms with van der Waals surface area (Å²) >= 11 is 0. The molecule has 0 bridgehead atoms. The van der Waals surface area contributed by atoms with Crippen molar-refractivity contribution in [3.8, 4) is 0 Å². The minimum Gasteiger partial charge on any atom is -0.409 e. The summed E-state index contributed by atoms with van der Waals surface area (Å²) in [5, 5.41) is 11.6. The van der Waals surface area contributed by atoms with Crippen LogP contribution in [0.4, 0.5) is 0 Å². The van der Waals surface area contributed by atoms with Crippen molar-refractivity contribution >= 4 is 5.84 Å². The van der Waals surface area contributed by atoms with Crippen LogP contribution >= 0.6 is 0 Å². The van der Waals surface area contributed by atoms with Crippen LogP contribution in [0.5, 0.6) is 0 Å². The molecule has 3 N–H and O–H groups in total. The van der Waals surface area contributed by atoms with Gasteiger partial charge in [0.2, 0.25) is 0 Å². The molecule has 0 aliphatic heterocycles. The summed E-state index contributed by atoms with van der Waals surface area (Å²) in [6.45, 7) is 2.05. The third-order valence-corrected chi connectivity index (χ3v) is 2.94. The van der Waals surface area contributed by atoms with Gasteiger partial charge in [0.1, 0.15) is 5.84 Å². The predicted molar refractivity (Wildman–Crippen MR) is 49.1 cm³/mol. The summed E-state index contributed by atoms with van der Waals surface area (Å²) in [5.41, 5.74) is 5.55. The molecule has 0 aromatic rings. The summed E-state index contributed by atoms with van der Waals surface area (Å²) in [6.07, 6.45) is 6.41. The molecule has 1 atom stereocenters. The predicted octanol–water partition coefficient (Wildman–Crippen LogP) is 1.95. The summed E-state index contributed by atoms with van der Waals surface area (Å²) in [6, 6.07) is 0. The molecule has 0 heterocycles. The summed E-state index contributed by atoms with van der Waals surface area (Å²) in [7, 11) is 0. The van der Waals surface area contributed by atoms with Crippen molar-refractivity contribution in [1.29, 1.82) is 0 Å². The first kappa shape index (κ1) is 9.36. The number of oxime groups is 1. The molecule has 1 aliphatic carbocycles. The van der Waals surface area contributed by atoms with Crippen LogP contribution in [0.1, 0.15) is 39.0 Å². The van der Waals surface area contributed by atoms with Gasteiger partial charge in [-0.1, -0.05) is 31.3 Å². The van der Waals surface area contributed by atoms with E-state index >= 15 is 0 Å². The van der Waals surface area contributed by atoms with Crippen molar-refractivity contribution in [3.05, 3.63) is 0 Å². The Kier molecular flexibility index (Phi) is 3.38. The monoisotopic (exact) mass is 170 g/mol. The zero-order valence-corrected chi connectivity index (χ0v) is 7.66. The first-order valence-electron chi connectivity index (χ1n) is 4.73. The highest BCUT2D eigenvalue weighted by Crippen LogP contribution is 2.29. The molecule has 0 aromatic carbocycles. The second-order valence-corrected chi connectivity index (χ2v) is 3.71. The SMILES string of the molecule is CC(C(N)=NO)C1CCCCC1. The maximum absolute atomic E-state index is 8.50. The van der Waals surface area contributed by atoms with Crippen molar-refractivity contribution in [2.75, 3.05) is 0 Å². The van der Waals surface area contributed by atoms with Crippen LogP contribution in [0.25, 0.3) is 0 Å². The summed E-state index contributed by atoms with van der Waals surface area (Å²) < 4.78 is 0. The first-order valence-corrected chi connectivity index (χ1v) is 4.73. The van der Waals surface area contributed by atoms with E-state index in [1.807, 2.05) is 6.92 Å². The number of nitrogens with two attached hydrogens (primary N) is 1. The molecular formula is C9H18N2O. The van der Waals surface area contributed by atoms with Crippen molar-refractivity contribution in [2.45, 2.75) is 39.0 Å². The van der Waals surface area contributed by atoms with E-state index in [0.717, 1.165) is 0 Å². The molecule has 3 heteroatoms. The van der Waals surface area contributed by atoms with Crippen LogP contribution in [0.3, 0.4) is 0 Å². The average molecular weight is 170 g/mol. The Hall–Kier alpha value is -0.730. The van der Waals surface area contributed by atoms with Gasteiger partial charge in [0.05, 0.1) is 0 Å². The molecule has 12 heavy (non-hydrogen) atoms. The Labute approximate surface area is 73.6 Å². The van der Waals surface area contributed by atoms with Crippen LogP contribution in [0.15, 0.2) is 5.16 Å². The molecule has 70 valence electrons. The Morgan fingerprint density at radius 1 is 1.42 bits per heavy atom. The Bertz CT molecular complexity index is 162. The Morgan fingerprint density at radius 2 is 2.00 bits per heavy atom. The molecule has 1 aliphatic rings. The highest BCUT2D eigenvalue weighted by Gasteiger charge is 2.22. The van der Waals surface area contributed by atoms with Gasteiger partial charge >= 0.3 is 0 Å².